The van der Waals surface area contributed by atoms with Crippen molar-refractivity contribution in [1.82, 2.24) is 4.90 Å². The van der Waals surface area contributed by atoms with E-state index < -0.39 is 0 Å². The molecular weight excluding hydrogens is 280 g/mol. The molecule has 0 aromatic rings. The summed E-state index contributed by atoms with van der Waals surface area (Å²) < 4.78 is 0. The third kappa shape index (κ3) is 14.0. The van der Waals surface area contributed by atoms with E-state index in [0.29, 0.717) is 0 Å². The zero-order chi connectivity index (χ0) is 15.4. The summed E-state index contributed by atoms with van der Waals surface area (Å²) in [5.41, 5.74) is 1.34. The lowest BCUT2D eigenvalue weighted by atomic mass is 10.1. The molecule has 21 heavy (non-hydrogen) atoms. The second-order valence-electron chi connectivity index (χ2n) is 6.19. The summed E-state index contributed by atoms with van der Waals surface area (Å²) in [6.07, 6.45) is 13.5. The zero-order valence-electron chi connectivity index (χ0n) is 14.9. The fourth-order valence-corrected chi connectivity index (χ4v) is 1.77. The predicted octanol–water partition coefficient (Wildman–Crippen LogP) is 5.64. The number of allylic oxidation sites excluding steroid dienone is 3. The highest BCUT2D eigenvalue weighted by Crippen LogP contribution is 2.11. The highest BCUT2D eigenvalue weighted by molar-refractivity contribution is 5.85. The molecule has 124 valence electrons. The lowest BCUT2D eigenvalue weighted by Gasteiger charge is -2.14. The van der Waals surface area contributed by atoms with Gasteiger partial charge in [0.05, 0.1) is 5.54 Å². The van der Waals surface area contributed by atoms with Gasteiger partial charge in [0.2, 0.25) is 0 Å². The Bertz CT molecular complexity index is 321. The molecule has 0 aliphatic heterocycles. The van der Waals surface area contributed by atoms with Gasteiger partial charge in [-0.3, -0.25) is 4.99 Å². The molecule has 0 unspecified atom stereocenters. The minimum Gasteiger partial charge on any atom is -0.378 e. The first-order valence-electron chi connectivity index (χ1n) is 8.09. The Balaban J connectivity index is 0. The van der Waals surface area contributed by atoms with Crippen molar-refractivity contribution in [1.29, 1.82) is 0 Å². The van der Waals surface area contributed by atoms with Gasteiger partial charge in [-0.05, 0) is 65.3 Å². The van der Waals surface area contributed by atoms with E-state index in [9.17, 15) is 0 Å². The van der Waals surface area contributed by atoms with Gasteiger partial charge in [-0.25, -0.2) is 0 Å². The van der Waals surface area contributed by atoms with Gasteiger partial charge in [0.1, 0.15) is 0 Å². The van der Waals surface area contributed by atoms with Crippen molar-refractivity contribution in [3.05, 3.63) is 23.9 Å². The Hall–Kier alpha value is -0.760. The molecule has 0 aromatic heterocycles. The van der Waals surface area contributed by atoms with Crippen LogP contribution in [0.25, 0.3) is 0 Å². The molecule has 0 amide bonds. The molecule has 0 N–H and O–H groups in total. The van der Waals surface area contributed by atoms with Crippen LogP contribution in [0.15, 0.2) is 28.9 Å². The van der Waals surface area contributed by atoms with Crippen molar-refractivity contribution in [2.75, 3.05) is 13.1 Å². The molecule has 2 nitrogen and oxygen atoms in total. The van der Waals surface area contributed by atoms with Crippen LogP contribution in [0.5, 0.6) is 0 Å². The molecule has 0 saturated carbocycles. The highest BCUT2D eigenvalue weighted by Gasteiger charge is 2.05. The number of unbranched alkanes of at least 4 members (excludes halogenated alkanes) is 2. The van der Waals surface area contributed by atoms with Crippen LogP contribution in [-0.4, -0.2) is 29.7 Å². The summed E-state index contributed by atoms with van der Waals surface area (Å²) in [4.78, 5) is 6.93. The summed E-state index contributed by atoms with van der Waals surface area (Å²) in [7, 11) is 0. The summed E-state index contributed by atoms with van der Waals surface area (Å²) in [6.45, 7) is 15.1. The third-order valence-electron chi connectivity index (χ3n) is 3.11. The average molecular weight is 315 g/mol. The number of halogens is 1. The van der Waals surface area contributed by atoms with E-state index in [1.54, 1.807) is 0 Å². The molecule has 0 fully saturated rings. The van der Waals surface area contributed by atoms with Crippen LogP contribution < -0.4 is 0 Å². The van der Waals surface area contributed by atoms with E-state index in [4.69, 9.17) is 0 Å². The SMILES string of the molecule is CCCCC/C(C=NC(C)(C)C)=C\C=C\N(CC)CC.Cl. The van der Waals surface area contributed by atoms with Crippen LogP contribution in [0.2, 0.25) is 0 Å². The summed E-state index contributed by atoms with van der Waals surface area (Å²) in [6, 6.07) is 0. The Morgan fingerprint density at radius 1 is 1.05 bits per heavy atom. The monoisotopic (exact) mass is 314 g/mol. The Morgan fingerprint density at radius 2 is 1.67 bits per heavy atom. The number of hydrogen-bond donors (Lipinski definition) is 0. The minimum atomic E-state index is 0. The van der Waals surface area contributed by atoms with Crippen molar-refractivity contribution in [2.45, 2.75) is 72.8 Å². The van der Waals surface area contributed by atoms with Gasteiger partial charge in [-0.1, -0.05) is 25.8 Å². The molecule has 0 rings (SSSR count). The molecule has 0 atom stereocenters. The molecule has 0 heterocycles. The van der Waals surface area contributed by atoms with E-state index >= 15 is 0 Å². The molecule has 0 aromatic carbocycles. The van der Waals surface area contributed by atoms with Crippen molar-refractivity contribution >= 4 is 18.6 Å². The maximum absolute atomic E-state index is 4.63. The van der Waals surface area contributed by atoms with Crippen molar-refractivity contribution in [3.63, 3.8) is 0 Å². The lowest BCUT2D eigenvalue weighted by molar-refractivity contribution is 0.419. The van der Waals surface area contributed by atoms with E-state index in [-0.39, 0.29) is 17.9 Å². The number of nitrogens with zero attached hydrogens (tertiary/aromatic N) is 2. The highest BCUT2D eigenvalue weighted by atomic mass is 35.5. The minimum absolute atomic E-state index is 0. The van der Waals surface area contributed by atoms with E-state index in [1.165, 1.54) is 24.8 Å². The lowest BCUT2D eigenvalue weighted by Crippen LogP contribution is -2.14. The Kier molecular flexibility index (Phi) is 13.9. The standard InChI is InChI=1S/C18H34N2.ClH/c1-7-10-11-13-17(16-19-18(4,5)6)14-12-15-20(8-2)9-3;/h12,14-16H,7-11,13H2,1-6H3;1H/b15-12+,17-14+,19-16?;. The van der Waals surface area contributed by atoms with Gasteiger partial charge in [0.25, 0.3) is 0 Å². The second kappa shape index (κ2) is 12.9. The molecule has 0 bridgehead atoms. The molecule has 0 radical (unpaired) electrons. The smallest absolute Gasteiger partial charge is 0.0524 e. The molecule has 0 saturated heterocycles. The van der Waals surface area contributed by atoms with Crippen LogP contribution in [-0.2, 0) is 0 Å². The fraction of sp³-hybridized carbons (Fsp3) is 0.722. The average Bonchev–Trinajstić information content (AvgIpc) is 2.39. The number of rotatable bonds is 9. The van der Waals surface area contributed by atoms with Crippen molar-refractivity contribution in [2.24, 2.45) is 4.99 Å². The van der Waals surface area contributed by atoms with Crippen molar-refractivity contribution in [3.8, 4) is 0 Å². The van der Waals surface area contributed by atoms with E-state index in [1.807, 2.05) is 0 Å². The summed E-state index contributed by atoms with van der Waals surface area (Å²) in [5.74, 6) is 0. The van der Waals surface area contributed by atoms with Gasteiger partial charge in [-0.15, -0.1) is 12.4 Å². The van der Waals surface area contributed by atoms with E-state index in [0.717, 1.165) is 19.5 Å². The van der Waals surface area contributed by atoms with Crippen molar-refractivity contribution < 1.29 is 0 Å². The van der Waals surface area contributed by atoms with Gasteiger partial charge >= 0.3 is 0 Å². The topological polar surface area (TPSA) is 15.6 Å². The number of aliphatic imine (C=N–C) groups is 1. The molecule has 3 heteroatoms. The second-order valence-corrected chi connectivity index (χ2v) is 6.19. The quantitative estimate of drug-likeness (QED) is 0.305. The van der Waals surface area contributed by atoms with E-state index in [2.05, 4.69) is 76.0 Å². The molecule has 0 spiro atoms. The van der Waals surface area contributed by atoms with Crippen LogP contribution in [0, 0.1) is 0 Å². The summed E-state index contributed by atoms with van der Waals surface area (Å²) in [5, 5.41) is 0. The Morgan fingerprint density at radius 3 is 2.14 bits per heavy atom. The molecule has 0 aliphatic rings. The van der Waals surface area contributed by atoms with Crippen LogP contribution in [0.3, 0.4) is 0 Å². The van der Waals surface area contributed by atoms with Gasteiger partial charge in [-0.2, -0.15) is 0 Å². The normalized spacial score (nSPS) is 13.0. The largest absolute Gasteiger partial charge is 0.378 e. The van der Waals surface area contributed by atoms with Gasteiger partial charge < -0.3 is 4.90 Å². The summed E-state index contributed by atoms with van der Waals surface area (Å²) >= 11 is 0. The predicted molar refractivity (Wildman–Crippen MR) is 99.8 cm³/mol. The zero-order valence-corrected chi connectivity index (χ0v) is 15.7. The molecular formula is C18H35ClN2. The third-order valence-corrected chi connectivity index (χ3v) is 3.11. The fourth-order valence-electron chi connectivity index (χ4n) is 1.77. The molecule has 0 aliphatic carbocycles. The maximum atomic E-state index is 4.63. The maximum Gasteiger partial charge on any atom is 0.0524 e. The Labute approximate surface area is 138 Å². The first-order valence-corrected chi connectivity index (χ1v) is 8.09. The first kappa shape index (κ1) is 22.5. The van der Waals surface area contributed by atoms with Crippen LogP contribution in [0.4, 0.5) is 0 Å². The first-order chi connectivity index (χ1) is 9.42. The van der Waals surface area contributed by atoms with Crippen LogP contribution in [0.1, 0.15) is 67.2 Å². The van der Waals surface area contributed by atoms with Crippen LogP contribution >= 0.6 is 12.4 Å². The van der Waals surface area contributed by atoms with Gasteiger partial charge in [0.15, 0.2) is 0 Å². The van der Waals surface area contributed by atoms with Gasteiger partial charge in [0, 0.05) is 19.3 Å². The number of hydrogen-bond acceptors (Lipinski definition) is 2.